The van der Waals surface area contributed by atoms with Crippen LogP contribution in [-0.4, -0.2) is 19.7 Å². The topological polar surface area (TPSA) is 68.8 Å². The van der Waals surface area contributed by atoms with Crippen LogP contribution in [0.15, 0.2) is 47.3 Å². The summed E-state index contributed by atoms with van der Waals surface area (Å²) in [6.45, 7) is 0. The number of rotatable bonds is 2. The molecule has 20 heavy (non-hydrogen) atoms. The number of anilines is 2. The minimum absolute atomic E-state index is 0.534. The van der Waals surface area contributed by atoms with Crippen molar-refractivity contribution >= 4 is 33.6 Å². The molecule has 98 valence electrons. The van der Waals surface area contributed by atoms with Gasteiger partial charge in [-0.2, -0.15) is 10.1 Å². The van der Waals surface area contributed by atoms with Crippen LogP contribution in [0.2, 0.25) is 0 Å². The molecular formula is C14H11N5O. The summed E-state index contributed by atoms with van der Waals surface area (Å²) in [5.74, 6) is 0.534. The number of nitrogens with one attached hydrogen (secondary N) is 1. The molecule has 1 N–H and O–H groups in total. The van der Waals surface area contributed by atoms with Gasteiger partial charge in [-0.15, -0.1) is 0 Å². The van der Waals surface area contributed by atoms with Gasteiger partial charge < -0.3 is 9.73 Å². The summed E-state index contributed by atoms with van der Waals surface area (Å²) in [6, 6.07) is 7.81. The minimum atomic E-state index is 0.534. The third kappa shape index (κ3) is 1.70. The number of fused-ring (bicyclic) bond motifs is 2. The minimum Gasteiger partial charge on any atom is -0.464 e. The second-order valence-electron chi connectivity index (χ2n) is 4.54. The van der Waals surface area contributed by atoms with Crippen LogP contribution in [0.25, 0.3) is 22.0 Å². The zero-order valence-corrected chi connectivity index (χ0v) is 10.7. The zero-order chi connectivity index (χ0) is 13.5. The Bertz CT molecular complexity index is 908. The maximum absolute atomic E-state index is 5.38. The summed E-state index contributed by atoms with van der Waals surface area (Å²) >= 11 is 0. The average Bonchev–Trinajstić information content (AvgIpc) is 3.06. The molecule has 0 radical (unpaired) electrons. The van der Waals surface area contributed by atoms with Gasteiger partial charge >= 0.3 is 0 Å². The van der Waals surface area contributed by atoms with E-state index in [1.165, 1.54) is 0 Å². The zero-order valence-electron chi connectivity index (χ0n) is 10.7. The SMILES string of the molecule is Cn1ncc2cnc(Nc3ccc4ccoc4c3)nc21. The monoisotopic (exact) mass is 265 g/mol. The van der Waals surface area contributed by atoms with Crippen molar-refractivity contribution in [1.29, 1.82) is 0 Å². The van der Waals surface area contributed by atoms with Crippen molar-refractivity contribution in [1.82, 2.24) is 19.7 Å². The fraction of sp³-hybridized carbons (Fsp3) is 0.0714. The summed E-state index contributed by atoms with van der Waals surface area (Å²) in [6.07, 6.45) is 5.17. The molecule has 0 fully saturated rings. The van der Waals surface area contributed by atoms with Crippen LogP contribution in [0, 0.1) is 0 Å². The molecule has 0 unspecified atom stereocenters. The molecule has 0 aliphatic carbocycles. The van der Waals surface area contributed by atoms with Crippen LogP contribution < -0.4 is 5.32 Å². The lowest BCUT2D eigenvalue weighted by molar-refractivity contribution is 0.616. The molecule has 3 heterocycles. The van der Waals surface area contributed by atoms with E-state index in [1.54, 1.807) is 23.3 Å². The highest BCUT2D eigenvalue weighted by molar-refractivity contribution is 5.82. The molecule has 0 saturated carbocycles. The Kier molecular flexibility index (Phi) is 2.23. The molecule has 0 atom stereocenters. The summed E-state index contributed by atoms with van der Waals surface area (Å²) in [5.41, 5.74) is 2.51. The summed E-state index contributed by atoms with van der Waals surface area (Å²) < 4.78 is 7.10. The maximum atomic E-state index is 5.38. The van der Waals surface area contributed by atoms with Gasteiger partial charge in [0, 0.05) is 30.4 Å². The molecule has 0 aliphatic heterocycles. The van der Waals surface area contributed by atoms with E-state index < -0.39 is 0 Å². The Morgan fingerprint density at radius 1 is 1.15 bits per heavy atom. The van der Waals surface area contributed by atoms with Gasteiger partial charge in [-0.1, -0.05) is 0 Å². The largest absolute Gasteiger partial charge is 0.464 e. The van der Waals surface area contributed by atoms with Crippen molar-refractivity contribution in [2.24, 2.45) is 7.05 Å². The Morgan fingerprint density at radius 2 is 2.10 bits per heavy atom. The Labute approximate surface area is 114 Å². The summed E-state index contributed by atoms with van der Waals surface area (Å²) in [4.78, 5) is 8.72. The van der Waals surface area contributed by atoms with Crippen molar-refractivity contribution in [3.05, 3.63) is 42.9 Å². The first-order valence-corrected chi connectivity index (χ1v) is 6.19. The Hall–Kier alpha value is -2.89. The third-order valence-electron chi connectivity index (χ3n) is 3.18. The molecule has 0 amide bonds. The number of aryl methyl sites for hydroxylation is 1. The van der Waals surface area contributed by atoms with E-state index in [9.17, 15) is 0 Å². The average molecular weight is 265 g/mol. The molecule has 6 nitrogen and oxygen atoms in total. The lowest BCUT2D eigenvalue weighted by Crippen LogP contribution is -1.99. The van der Waals surface area contributed by atoms with Crippen LogP contribution in [0.1, 0.15) is 0 Å². The van der Waals surface area contributed by atoms with E-state index in [-0.39, 0.29) is 0 Å². The molecule has 0 spiro atoms. The lowest BCUT2D eigenvalue weighted by atomic mass is 10.2. The number of nitrogens with zero attached hydrogens (tertiary/aromatic N) is 4. The van der Waals surface area contributed by atoms with Gasteiger partial charge in [-0.05, 0) is 18.2 Å². The van der Waals surface area contributed by atoms with Crippen molar-refractivity contribution < 1.29 is 4.42 Å². The lowest BCUT2D eigenvalue weighted by Gasteiger charge is -2.04. The van der Waals surface area contributed by atoms with Gasteiger partial charge in [0.15, 0.2) is 5.65 Å². The van der Waals surface area contributed by atoms with Crippen LogP contribution in [0.3, 0.4) is 0 Å². The molecule has 0 aliphatic rings. The maximum Gasteiger partial charge on any atom is 0.229 e. The quantitative estimate of drug-likeness (QED) is 0.603. The van der Waals surface area contributed by atoms with E-state index in [2.05, 4.69) is 20.4 Å². The van der Waals surface area contributed by atoms with Gasteiger partial charge in [0.2, 0.25) is 5.95 Å². The van der Waals surface area contributed by atoms with Gasteiger partial charge in [0.1, 0.15) is 5.58 Å². The summed E-state index contributed by atoms with van der Waals surface area (Å²) in [5, 5.41) is 9.31. The first-order valence-electron chi connectivity index (χ1n) is 6.19. The van der Waals surface area contributed by atoms with E-state index in [0.29, 0.717) is 5.95 Å². The predicted octanol–water partition coefficient (Wildman–Crippen LogP) is 2.85. The fourth-order valence-corrected chi connectivity index (χ4v) is 2.16. The Balaban J connectivity index is 1.73. The first kappa shape index (κ1) is 11.0. The predicted molar refractivity (Wildman–Crippen MR) is 75.8 cm³/mol. The van der Waals surface area contributed by atoms with Crippen molar-refractivity contribution in [2.75, 3.05) is 5.32 Å². The summed E-state index contributed by atoms with van der Waals surface area (Å²) in [7, 11) is 1.86. The van der Waals surface area contributed by atoms with E-state index >= 15 is 0 Å². The number of hydrogen-bond donors (Lipinski definition) is 1. The molecule has 6 heteroatoms. The number of aromatic nitrogens is 4. The molecule has 0 bridgehead atoms. The molecule has 4 rings (SSSR count). The van der Waals surface area contributed by atoms with Gasteiger partial charge in [0.05, 0.1) is 17.8 Å². The van der Waals surface area contributed by atoms with E-state index in [0.717, 1.165) is 27.7 Å². The second-order valence-corrected chi connectivity index (χ2v) is 4.54. The van der Waals surface area contributed by atoms with Gasteiger partial charge in [0.25, 0.3) is 0 Å². The highest BCUT2D eigenvalue weighted by atomic mass is 16.3. The van der Waals surface area contributed by atoms with E-state index in [1.807, 2.05) is 31.3 Å². The standard InChI is InChI=1S/C14H11N5O/c1-19-13-10(8-16-19)7-15-14(18-13)17-11-3-2-9-4-5-20-12(9)6-11/h2-8H,1H3,(H,15,17,18). The normalized spacial score (nSPS) is 11.2. The van der Waals surface area contributed by atoms with Crippen LogP contribution in [0.4, 0.5) is 11.6 Å². The Morgan fingerprint density at radius 3 is 3.05 bits per heavy atom. The highest BCUT2D eigenvalue weighted by Crippen LogP contribution is 2.22. The number of hydrogen-bond acceptors (Lipinski definition) is 5. The molecule has 4 aromatic rings. The van der Waals surface area contributed by atoms with Crippen LogP contribution in [-0.2, 0) is 7.05 Å². The van der Waals surface area contributed by atoms with Gasteiger partial charge in [-0.25, -0.2) is 4.98 Å². The molecular weight excluding hydrogens is 254 g/mol. The third-order valence-corrected chi connectivity index (χ3v) is 3.18. The molecule has 0 saturated heterocycles. The molecule has 1 aromatic carbocycles. The van der Waals surface area contributed by atoms with Crippen molar-refractivity contribution in [2.45, 2.75) is 0 Å². The highest BCUT2D eigenvalue weighted by Gasteiger charge is 2.05. The van der Waals surface area contributed by atoms with Gasteiger partial charge in [-0.3, -0.25) is 4.68 Å². The second kappa shape index (κ2) is 4.06. The van der Waals surface area contributed by atoms with Crippen molar-refractivity contribution in [3.8, 4) is 0 Å². The number of benzene rings is 1. The fourth-order valence-electron chi connectivity index (χ4n) is 2.16. The number of furan rings is 1. The smallest absolute Gasteiger partial charge is 0.229 e. The van der Waals surface area contributed by atoms with Crippen LogP contribution >= 0.6 is 0 Å². The first-order chi connectivity index (χ1) is 9.79. The molecule has 3 aromatic heterocycles. The van der Waals surface area contributed by atoms with Crippen LogP contribution in [0.5, 0.6) is 0 Å². The van der Waals surface area contributed by atoms with Crippen molar-refractivity contribution in [3.63, 3.8) is 0 Å². The van der Waals surface area contributed by atoms with E-state index in [4.69, 9.17) is 4.42 Å².